The van der Waals surface area contributed by atoms with Crippen molar-refractivity contribution in [3.8, 4) is 5.75 Å². The van der Waals surface area contributed by atoms with Gasteiger partial charge in [-0.1, -0.05) is 6.07 Å². The van der Waals surface area contributed by atoms with Gasteiger partial charge in [0.25, 0.3) is 0 Å². The zero-order valence-electron chi connectivity index (χ0n) is 9.65. The lowest BCUT2D eigenvalue weighted by molar-refractivity contribution is -0.137. The maximum atomic E-state index is 12.7. The van der Waals surface area contributed by atoms with Crippen LogP contribution in [0.2, 0.25) is 0 Å². The van der Waals surface area contributed by atoms with E-state index < -0.39 is 18.7 Å². The van der Waals surface area contributed by atoms with Crippen molar-refractivity contribution in [2.45, 2.75) is 25.6 Å². The van der Waals surface area contributed by atoms with E-state index in [0.717, 1.165) is 5.56 Å². The van der Waals surface area contributed by atoms with Crippen molar-refractivity contribution in [1.29, 1.82) is 0 Å². The average Bonchev–Trinajstić information content (AvgIpc) is 2.34. The van der Waals surface area contributed by atoms with Gasteiger partial charge in [0.05, 0.1) is 7.11 Å². The summed E-state index contributed by atoms with van der Waals surface area (Å²) in [5.74, 6) is -0.415. The Morgan fingerprint density at radius 1 is 1.59 bits per heavy atom. The fourth-order valence-electron chi connectivity index (χ4n) is 1.58. The summed E-state index contributed by atoms with van der Waals surface area (Å²) in [6.07, 6.45) is 0.325. The highest BCUT2D eigenvalue weighted by molar-refractivity contribution is 5.66. The van der Waals surface area contributed by atoms with E-state index in [2.05, 4.69) is 0 Å². The minimum absolute atomic E-state index is 0.00183. The normalized spacial score (nSPS) is 12.2. The van der Waals surface area contributed by atoms with Crippen LogP contribution in [0, 0.1) is 0 Å². The monoisotopic (exact) mass is 241 g/mol. The van der Waals surface area contributed by atoms with Gasteiger partial charge in [0.1, 0.15) is 12.4 Å². The molecule has 0 saturated carbocycles. The lowest BCUT2D eigenvalue weighted by atomic mass is 10.0. The molecule has 1 rings (SSSR count). The molecule has 0 fully saturated rings. The third kappa shape index (κ3) is 3.71. The molecule has 0 radical (unpaired) electrons. The van der Waals surface area contributed by atoms with Crippen LogP contribution in [0.4, 0.5) is 4.39 Å². The van der Waals surface area contributed by atoms with Gasteiger partial charge < -0.3 is 15.6 Å². The van der Waals surface area contributed by atoms with E-state index in [1.54, 1.807) is 18.2 Å². The molecule has 0 saturated heterocycles. The zero-order chi connectivity index (χ0) is 12.8. The van der Waals surface area contributed by atoms with Gasteiger partial charge in [0.15, 0.2) is 0 Å². The summed E-state index contributed by atoms with van der Waals surface area (Å²) in [6.45, 7) is -0.636. The molecule has 4 nitrogen and oxygen atoms in total. The van der Waals surface area contributed by atoms with E-state index in [9.17, 15) is 9.18 Å². The van der Waals surface area contributed by atoms with Crippen LogP contribution in [0.5, 0.6) is 5.75 Å². The molecule has 1 atom stereocenters. The first-order valence-corrected chi connectivity index (χ1v) is 5.28. The van der Waals surface area contributed by atoms with Crippen molar-refractivity contribution in [2.75, 3.05) is 7.11 Å². The van der Waals surface area contributed by atoms with Crippen LogP contribution < -0.4 is 10.5 Å². The molecule has 1 aromatic rings. The molecule has 5 heteroatoms. The fraction of sp³-hybridized carbons (Fsp3) is 0.417. The Bertz CT molecular complexity index is 395. The third-order valence-electron chi connectivity index (χ3n) is 2.55. The molecule has 1 aromatic carbocycles. The van der Waals surface area contributed by atoms with Crippen LogP contribution in [-0.2, 0) is 11.5 Å². The molecule has 0 aliphatic carbocycles. The van der Waals surface area contributed by atoms with Crippen LogP contribution in [0.1, 0.15) is 30.0 Å². The number of aliphatic carboxylic acids is 1. The van der Waals surface area contributed by atoms with Crippen molar-refractivity contribution in [3.63, 3.8) is 0 Å². The predicted octanol–water partition coefficient (Wildman–Crippen LogP) is 2.03. The quantitative estimate of drug-likeness (QED) is 0.799. The van der Waals surface area contributed by atoms with Gasteiger partial charge in [0.2, 0.25) is 0 Å². The van der Waals surface area contributed by atoms with E-state index in [0.29, 0.717) is 17.7 Å². The number of methoxy groups -OCH3 is 1. The number of nitrogens with two attached hydrogens (primary N) is 1. The number of rotatable bonds is 6. The van der Waals surface area contributed by atoms with E-state index in [1.165, 1.54) is 7.11 Å². The number of carboxylic acids is 1. The molecule has 0 amide bonds. The Morgan fingerprint density at radius 3 is 2.82 bits per heavy atom. The Labute approximate surface area is 99.2 Å². The van der Waals surface area contributed by atoms with Crippen LogP contribution in [0.3, 0.4) is 0 Å². The highest BCUT2D eigenvalue weighted by atomic mass is 19.1. The molecule has 1 unspecified atom stereocenters. The highest BCUT2D eigenvalue weighted by Crippen LogP contribution is 2.25. The Morgan fingerprint density at radius 2 is 2.29 bits per heavy atom. The van der Waals surface area contributed by atoms with Crippen molar-refractivity contribution in [2.24, 2.45) is 5.73 Å². The van der Waals surface area contributed by atoms with Crippen LogP contribution in [0.25, 0.3) is 0 Å². The van der Waals surface area contributed by atoms with Crippen molar-refractivity contribution >= 4 is 5.97 Å². The molecular formula is C12H16FNO3. The smallest absolute Gasteiger partial charge is 0.303 e. The minimum atomic E-state index is -0.889. The van der Waals surface area contributed by atoms with Gasteiger partial charge in [0, 0.05) is 18.0 Å². The predicted molar refractivity (Wildman–Crippen MR) is 61.6 cm³/mol. The number of hydrogen-bond acceptors (Lipinski definition) is 3. The van der Waals surface area contributed by atoms with Gasteiger partial charge in [-0.05, 0) is 24.1 Å². The third-order valence-corrected chi connectivity index (χ3v) is 2.55. The van der Waals surface area contributed by atoms with Crippen molar-refractivity contribution in [1.82, 2.24) is 0 Å². The first-order valence-electron chi connectivity index (χ1n) is 5.28. The minimum Gasteiger partial charge on any atom is -0.496 e. The fourth-order valence-corrected chi connectivity index (χ4v) is 1.58. The number of ether oxygens (including phenoxy) is 1. The molecule has 0 heterocycles. The molecule has 0 aliphatic heterocycles. The van der Waals surface area contributed by atoms with Gasteiger partial charge >= 0.3 is 5.97 Å². The number of carbonyl (C=O) groups is 1. The lowest BCUT2D eigenvalue weighted by Crippen LogP contribution is -2.12. The van der Waals surface area contributed by atoms with Gasteiger partial charge in [-0.25, -0.2) is 4.39 Å². The second kappa shape index (κ2) is 6.20. The second-order valence-electron chi connectivity index (χ2n) is 3.74. The van der Waals surface area contributed by atoms with E-state index in [-0.39, 0.29) is 6.42 Å². The van der Waals surface area contributed by atoms with Gasteiger partial charge in [-0.2, -0.15) is 0 Å². The first kappa shape index (κ1) is 13.4. The number of alkyl halides is 1. The number of benzene rings is 1. The highest BCUT2D eigenvalue weighted by Gasteiger charge is 2.11. The molecule has 0 bridgehead atoms. The maximum absolute atomic E-state index is 12.7. The molecule has 94 valence electrons. The summed E-state index contributed by atoms with van der Waals surface area (Å²) in [4.78, 5) is 10.4. The number of hydrogen-bond donors (Lipinski definition) is 2. The summed E-state index contributed by atoms with van der Waals surface area (Å²) in [5, 5.41) is 8.56. The second-order valence-corrected chi connectivity index (χ2v) is 3.74. The topological polar surface area (TPSA) is 72.5 Å². The lowest BCUT2D eigenvalue weighted by Gasteiger charge is -2.13. The van der Waals surface area contributed by atoms with Crippen molar-refractivity contribution < 1.29 is 19.0 Å². The molecule has 0 spiro atoms. The number of carboxylic acid groups (broad SMARTS) is 1. The van der Waals surface area contributed by atoms with E-state index in [1.807, 2.05) is 0 Å². The molecule has 0 aliphatic rings. The summed E-state index contributed by atoms with van der Waals surface area (Å²) in [7, 11) is 1.47. The van der Waals surface area contributed by atoms with Crippen LogP contribution in [-0.4, -0.2) is 18.2 Å². The van der Waals surface area contributed by atoms with Crippen LogP contribution >= 0.6 is 0 Å². The standard InChI is InChI=1S/C12H16FNO3/c1-17-11-4-2-8(6-9(11)7-13)10(14)3-5-12(15)16/h2,4,6,10H,3,5,7,14H2,1H3,(H,15,16). The summed E-state index contributed by atoms with van der Waals surface area (Å²) in [6, 6.07) is 4.59. The van der Waals surface area contributed by atoms with Crippen molar-refractivity contribution in [3.05, 3.63) is 29.3 Å². The summed E-state index contributed by atoms with van der Waals surface area (Å²) >= 11 is 0. The Hall–Kier alpha value is -1.62. The molecular weight excluding hydrogens is 225 g/mol. The molecule has 0 aromatic heterocycles. The van der Waals surface area contributed by atoms with Gasteiger partial charge in [-0.3, -0.25) is 4.79 Å². The zero-order valence-corrected chi connectivity index (χ0v) is 9.65. The SMILES string of the molecule is COc1ccc(C(N)CCC(=O)O)cc1CF. The molecule has 17 heavy (non-hydrogen) atoms. The van der Waals surface area contributed by atoms with Crippen LogP contribution in [0.15, 0.2) is 18.2 Å². The number of halogens is 1. The van der Waals surface area contributed by atoms with E-state index in [4.69, 9.17) is 15.6 Å². The average molecular weight is 241 g/mol. The summed E-state index contributed by atoms with van der Waals surface area (Å²) < 4.78 is 17.7. The Balaban J connectivity index is 2.80. The van der Waals surface area contributed by atoms with E-state index >= 15 is 0 Å². The Kier molecular flexibility index (Phi) is 4.90. The maximum Gasteiger partial charge on any atom is 0.303 e. The van der Waals surface area contributed by atoms with Gasteiger partial charge in [-0.15, -0.1) is 0 Å². The largest absolute Gasteiger partial charge is 0.496 e. The first-order chi connectivity index (χ1) is 8.08. The summed E-state index contributed by atoms with van der Waals surface area (Å²) in [5.41, 5.74) is 6.98. The molecule has 3 N–H and O–H groups in total.